The number of likely N-dealkylation sites (tertiary alicyclic amines) is 1. The molecule has 2 rings (SSSR count). The van der Waals surface area contributed by atoms with Crippen molar-refractivity contribution < 1.29 is 1.43 Å². The summed E-state index contributed by atoms with van der Waals surface area (Å²) in [5.74, 6) is 0. The second kappa shape index (κ2) is 3.02. The van der Waals surface area contributed by atoms with Gasteiger partial charge in [-0.2, -0.15) is 0 Å². The molecular weight excluding hydrogens is 160 g/mol. The first-order valence-corrected chi connectivity index (χ1v) is 5.31. The maximum absolute atomic E-state index is 3.93. The van der Waals surface area contributed by atoms with Gasteiger partial charge in [0.05, 0.1) is 0 Å². The molecule has 0 radical (unpaired) electrons. The molecule has 13 heavy (non-hydrogen) atoms. The highest BCUT2D eigenvalue weighted by Crippen LogP contribution is 2.52. The van der Waals surface area contributed by atoms with Gasteiger partial charge in [0.15, 0.2) is 0 Å². The molecule has 1 unspecified atom stereocenters. The summed E-state index contributed by atoms with van der Waals surface area (Å²) in [5, 5.41) is 3.52. The summed E-state index contributed by atoms with van der Waals surface area (Å²) in [6.07, 6.45) is 2.82. The van der Waals surface area contributed by atoms with Crippen LogP contribution in [0.25, 0.3) is 0 Å². The van der Waals surface area contributed by atoms with Crippen LogP contribution in [0.5, 0.6) is 0 Å². The molecule has 0 aromatic rings. The number of rotatable bonds is 3. The van der Waals surface area contributed by atoms with Crippen LogP contribution < -0.4 is 5.32 Å². The van der Waals surface area contributed by atoms with Crippen molar-refractivity contribution >= 4 is 0 Å². The van der Waals surface area contributed by atoms with Crippen LogP contribution in [0.4, 0.5) is 0 Å². The maximum atomic E-state index is 3.93. The van der Waals surface area contributed by atoms with Crippen molar-refractivity contribution in [3.8, 4) is 0 Å². The van der Waals surface area contributed by atoms with E-state index in [1.807, 2.05) is 0 Å². The molecule has 1 atom stereocenters. The Morgan fingerprint density at radius 1 is 1.69 bits per heavy atom. The van der Waals surface area contributed by atoms with E-state index in [-0.39, 0.29) is 1.43 Å². The Bertz CT molecular complexity index is 223. The number of hydrogen-bond acceptors (Lipinski definition) is 2. The summed E-state index contributed by atoms with van der Waals surface area (Å²) in [7, 11) is 0. The topological polar surface area (TPSA) is 15.3 Å². The zero-order valence-electron chi connectivity index (χ0n) is 8.77. The average molecular weight is 182 g/mol. The van der Waals surface area contributed by atoms with Crippen molar-refractivity contribution in [2.24, 2.45) is 5.41 Å². The Balaban J connectivity index is 0.000000980. The Kier molecular flexibility index (Phi) is 2.11. The van der Waals surface area contributed by atoms with Crippen molar-refractivity contribution in [2.75, 3.05) is 19.6 Å². The fourth-order valence-electron chi connectivity index (χ4n) is 2.48. The minimum Gasteiger partial charge on any atom is -0.384 e. The normalized spacial score (nSPS) is 30.8. The third-order valence-electron chi connectivity index (χ3n) is 3.48. The first kappa shape index (κ1) is 9.07. The molecule has 2 fully saturated rings. The Morgan fingerprint density at radius 2 is 2.38 bits per heavy atom. The average Bonchev–Trinajstić information content (AvgIpc) is 2.73. The summed E-state index contributed by atoms with van der Waals surface area (Å²) in [6.45, 7) is 11.9. The fraction of sp³-hybridized carbons (Fsp3) is 0.818. The molecule has 1 saturated heterocycles. The SMILES string of the molecule is C=C(C)NC1CN(CC)CC12CC2.[HH]. The second-order valence-electron chi connectivity index (χ2n) is 4.67. The number of allylic oxidation sites excluding steroid dienone is 1. The first-order chi connectivity index (χ1) is 6.16. The fourth-order valence-corrected chi connectivity index (χ4v) is 2.48. The molecule has 1 aliphatic heterocycles. The van der Waals surface area contributed by atoms with Crippen LogP contribution >= 0.6 is 0 Å². The maximum Gasteiger partial charge on any atom is 0.0453 e. The predicted molar refractivity (Wildman–Crippen MR) is 57.6 cm³/mol. The van der Waals surface area contributed by atoms with E-state index in [0.717, 1.165) is 5.70 Å². The van der Waals surface area contributed by atoms with Crippen molar-refractivity contribution in [3.63, 3.8) is 0 Å². The lowest BCUT2D eigenvalue weighted by Gasteiger charge is -2.19. The van der Waals surface area contributed by atoms with Gasteiger partial charge in [0.1, 0.15) is 0 Å². The summed E-state index contributed by atoms with van der Waals surface area (Å²) in [4.78, 5) is 2.55. The Hall–Kier alpha value is -0.500. The number of nitrogens with zero attached hydrogens (tertiary/aromatic N) is 1. The van der Waals surface area contributed by atoms with Gasteiger partial charge in [0.25, 0.3) is 0 Å². The van der Waals surface area contributed by atoms with Gasteiger partial charge in [0, 0.05) is 31.7 Å². The summed E-state index contributed by atoms with van der Waals surface area (Å²) < 4.78 is 0. The third kappa shape index (κ3) is 1.60. The zero-order valence-corrected chi connectivity index (χ0v) is 8.77. The molecule has 2 heteroatoms. The first-order valence-electron chi connectivity index (χ1n) is 5.31. The van der Waals surface area contributed by atoms with Gasteiger partial charge in [-0.15, -0.1) is 0 Å². The highest BCUT2D eigenvalue weighted by molar-refractivity contribution is 5.12. The molecule has 1 heterocycles. The van der Waals surface area contributed by atoms with E-state index in [9.17, 15) is 0 Å². The predicted octanol–water partition coefficient (Wildman–Crippen LogP) is 1.84. The molecule has 1 spiro atoms. The summed E-state index contributed by atoms with van der Waals surface area (Å²) in [5.41, 5.74) is 1.74. The van der Waals surface area contributed by atoms with Crippen molar-refractivity contribution in [1.82, 2.24) is 10.2 Å². The summed E-state index contributed by atoms with van der Waals surface area (Å²) >= 11 is 0. The molecule has 0 aromatic heterocycles. The van der Waals surface area contributed by atoms with Crippen LogP contribution in [0.2, 0.25) is 0 Å². The number of nitrogens with one attached hydrogen (secondary N) is 1. The van der Waals surface area contributed by atoms with E-state index in [1.54, 1.807) is 0 Å². The van der Waals surface area contributed by atoms with Gasteiger partial charge < -0.3 is 10.2 Å². The number of hydrogen-bond donors (Lipinski definition) is 1. The molecular formula is C11H22N2. The molecule has 1 N–H and O–H groups in total. The van der Waals surface area contributed by atoms with Crippen LogP contribution in [0.3, 0.4) is 0 Å². The monoisotopic (exact) mass is 182 g/mol. The molecule has 0 amide bonds. The molecule has 0 bridgehead atoms. The largest absolute Gasteiger partial charge is 0.384 e. The smallest absolute Gasteiger partial charge is 0.0453 e. The summed E-state index contributed by atoms with van der Waals surface area (Å²) in [6, 6.07) is 0.671. The quantitative estimate of drug-likeness (QED) is 0.716. The highest BCUT2D eigenvalue weighted by Gasteiger charge is 2.54. The standard InChI is InChI=1S/C11H20N2.H2/c1-4-13-7-10(12-9(2)3)11(8-13)5-6-11;/h10,12H,2,4-8H2,1,3H3;1H. The highest BCUT2D eigenvalue weighted by atomic mass is 15.2. The van der Waals surface area contributed by atoms with Gasteiger partial charge >= 0.3 is 0 Å². The third-order valence-corrected chi connectivity index (χ3v) is 3.48. The van der Waals surface area contributed by atoms with Crippen LogP contribution in [0.15, 0.2) is 12.3 Å². The van der Waals surface area contributed by atoms with Gasteiger partial charge in [-0.25, -0.2) is 0 Å². The zero-order chi connectivity index (χ0) is 9.47. The van der Waals surface area contributed by atoms with E-state index in [2.05, 4.69) is 30.6 Å². The molecule has 2 nitrogen and oxygen atoms in total. The van der Waals surface area contributed by atoms with Crippen LogP contribution in [0.1, 0.15) is 28.1 Å². The van der Waals surface area contributed by atoms with E-state index in [1.165, 1.54) is 32.5 Å². The lowest BCUT2D eigenvalue weighted by Crippen LogP contribution is -2.35. The van der Waals surface area contributed by atoms with Crippen LogP contribution in [-0.4, -0.2) is 30.6 Å². The molecule has 2 aliphatic rings. The van der Waals surface area contributed by atoms with Gasteiger partial charge in [-0.3, -0.25) is 0 Å². The molecule has 0 aromatic carbocycles. The molecule has 1 aliphatic carbocycles. The van der Waals surface area contributed by atoms with Crippen molar-refractivity contribution in [1.29, 1.82) is 0 Å². The van der Waals surface area contributed by atoms with Gasteiger partial charge in [-0.1, -0.05) is 13.5 Å². The minimum absolute atomic E-state index is 0. The van der Waals surface area contributed by atoms with Crippen molar-refractivity contribution in [2.45, 2.75) is 32.7 Å². The minimum atomic E-state index is 0. The van der Waals surface area contributed by atoms with Crippen molar-refractivity contribution in [3.05, 3.63) is 12.3 Å². The van der Waals surface area contributed by atoms with E-state index in [0.29, 0.717) is 11.5 Å². The van der Waals surface area contributed by atoms with E-state index >= 15 is 0 Å². The van der Waals surface area contributed by atoms with Gasteiger partial charge in [0.2, 0.25) is 0 Å². The second-order valence-corrected chi connectivity index (χ2v) is 4.67. The van der Waals surface area contributed by atoms with E-state index in [4.69, 9.17) is 0 Å². The number of likely N-dealkylation sites (N-methyl/N-ethyl adjacent to an activating group) is 1. The lowest BCUT2D eigenvalue weighted by molar-refractivity contribution is 0.337. The Morgan fingerprint density at radius 3 is 2.85 bits per heavy atom. The van der Waals surface area contributed by atoms with Crippen LogP contribution in [-0.2, 0) is 0 Å². The molecule has 76 valence electrons. The molecule has 1 saturated carbocycles. The van der Waals surface area contributed by atoms with Crippen LogP contribution in [0, 0.1) is 5.41 Å². The van der Waals surface area contributed by atoms with Gasteiger partial charge in [-0.05, 0) is 26.3 Å². The van der Waals surface area contributed by atoms with E-state index < -0.39 is 0 Å². The lowest BCUT2D eigenvalue weighted by atomic mass is 10.0. The Labute approximate surface area is 82.5 Å².